The summed E-state index contributed by atoms with van der Waals surface area (Å²) >= 11 is 6.12. The molecule has 4 rings (SSSR count). The second kappa shape index (κ2) is 7.66. The van der Waals surface area contributed by atoms with Crippen molar-refractivity contribution in [2.24, 2.45) is 0 Å². The van der Waals surface area contributed by atoms with Crippen LogP contribution in [0.3, 0.4) is 0 Å². The molecule has 0 radical (unpaired) electrons. The van der Waals surface area contributed by atoms with Gasteiger partial charge in [-0.15, -0.1) is 0 Å². The molecule has 5 heteroatoms. The molecule has 4 nitrogen and oxygen atoms in total. The third kappa shape index (κ3) is 3.61. The number of amides is 1. The number of aliphatic hydroxyl groups excluding tert-OH is 1. The van der Waals surface area contributed by atoms with Crippen molar-refractivity contribution in [2.45, 2.75) is 18.9 Å². The molecule has 0 aliphatic rings. The van der Waals surface area contributed by atoms with Gasteiger partial charge in [-0.05, 0) is 42.3 Å². The number of carbonyl (C=O) groups excluding carboxylic acids is 1. The molecule has 2 unspecified atom stereocenters. The monoisotopic (exact) mass is 392 g/mol. The second-order valence-electron chi connectivity index (χ2n) is 7.01. The minimum atomic E-state index is -0.724. The molecular formula is C23H21ClN2O2. The summed E-state index contributed by atoms with van der Waals surface area (Å²) in [6, 6.07) is 21.1. The number of aromatic nitrogens is 1. The highest BCUT2D eigenvalue weighted by atomic mass is 35.5. The molecule has 0 aliphatic heterocycles. The maximum Gasteiger partial charge on any atom is 0.227 e. The number of hydrogen-bond donors (Lipinski definition) is 3. The Morgan fingerprint density at radius 1 is 1.00 bits per heavy atom. The Morgan fingerprint density at radius 2 is 1.79 bits per heavy atom. The van der Waals surface area contributed by atoms with E-state index in [0.29, 0.717) is 5.02 Å². The Balaban J connectivity index is 1.50. The minimum absolute atomic E-state index is 0.117. The summed E-state index contributed by atoms with van der Waals surface area (Å²) in [6.07, 6.45) is -0.724. The van der Waals surface area contributed by atoms with E-state index in [1.807, 2.05) is 73.7 Å². The van der Waals surface area contributed by atoms with Crippen molar-refractivity contribution in [3.05, 3.63) is 82.9 Å². The third-order valence-electron chi connectivity index (χ3n) is 5.13. The molecule has 142 valence electrons. The topological polar surface area (TPSA) is 65.1 Å². The van der Waals surface area contributed by atoms with Gasteiger partial charge in [0.1, 0.15) is 0 Å². The quantitative estimate of drug-likeness (QED) is 0.451. The molecule has 1 heterocycles. The lowest BCUT2D eigenvalue weighted by Crippen LogP contribution is -2.31. The van der Waals surface area contributed by atoms with Crippen molar-refractivity contribution in [3.63, 3.8) is 0 Å². The Labute approximate surface area is 168 Å². The van der Waals surface area contributed by atoms with E-state index in [1.165, 1.54) is 0 Å². The van der Waals surface area contributed by atoms with Gasteiger partial charge in [0.15, 0.2) is 0 Å². The van der Waals surface area contributed by atoms with Gasteiger partial charge in [0.2, 0.25) is 5.91 Å². The van der Waals surface area contributed by atoms with Crippen LogP contribution in [-0.2, 0) is 4.79 Å². The van der Waals surface area contributed by atoms with E-state index >= 15 is 0 Å². The van der Waals surface area contributed by atoms with Crippen molar-refractivity contribution < 1.29 is 9.90 Å². The molecule has 0 saturated carbocycles. The van der Waals surface area contributed by atoms with E-state index in [4.69, 9.17) is 11.6 Å². The van der Waals surface area contributed by atoms with Crippen molar-refractivity contribution in [1.29, 1.82) is 0 Å². The van der Waals surface area contributed by atoms with Crippen LogP contribution in [0.2, 0.25) is 5.02 Å². The molecule has 3 N–H and O–H groups in total. The van der Waals surface area contributed by atoms with Crippen molar-refractivity contribution >= 4 is 39.3 Å². The van der Waals surface area contributed by atoms with E-state index in [2.05, 4.69) is 10.3 Å². The molecule has 0 spiro atoms. The zero-order valence-corrected chi connectivity index (χ0v) is 16.2. The number of halogens is 1. The molecule has 0 bridgehead atoms. The molecule has 28 heavy (non-hydrogen) atoms. The fourth-order valence-corrected chi connectivity index (χ4v) is 3.63. The second-order valence-corrected chi connectivity index (χ2v) is 7.45. The third-order valence-corrected chi connectivity index (χ3v) is 5.37. The van der Waals surface area contributed by atoms with E-state index in [1.54, 1.807) is 0 Å². The van der Waals surface area contributed by atoms with Gasteiger partial charge < -0.3 is 15.4 Å². The number of carbonyl (C=O) groups is 1. The van der Waals surface area contributed by atoms with Gasteiger partial charge in [-0.3, -0.25) is 4.79 Å². The molecular weight excluding hydrogens is 372 g/mol. The van der Waals surface area contributed by atoms with Crippen LogP contribution in [-0.4, -0.2) is 22.5 Å². The standard InChI is InChI=1S/C23H21ClN2O2/c1-14(23(28)25-13-22(27)15-5-3-2-4-6-15)16-7-9-18-19-12-17(24)8-10-20(19)26-21(18)11-16/h2-12,14,22,26-27H,13H2,1H3,(H,25,28). The van der Waals surface area contributed by atoms with E-state index in [-0.39, 0.29) is 18.4 Å². The van der Waals surface area contributed by atoms with Crippen molar-refractivity contribution in [2.75, 3.05) is 6.54 Å². The summed E-state index contributed by atoms with van der Waals surface area (Å²) in [7, 11) is 0. The largest absolute Gasteiger partial charge is 0.387 e. The summed E-state index contributed by atoms with van der Waals surface area (Å²) in [5.41, 5.74) is 3.68. The number of fused-ring (bicyclic) bond motifs is 3. The predicted octanol–water partition coefficient (Wildman–Crippen LogP) is 4.93. The normalized spacial score (nSPS) is 13.5. The summed E-state index contributed by atoms with van der Waals surface area (Å²) < 4.78 is 0. The molecule has 0 aliphatic carbocycles. The lowest BCUT2D eigenvalue weighted by atomic mass is 9.98. The Kier molecular flexibility index (Phi) is 5.07. The van der Waals surface area contributed by atoms with E-state index in [9.17, 15) is 9.90 Å². The maximum atomic E-state index is 12.6. The van der Waals surface area contributed by atoms with Gasteiger partial charge in [0.25, 0.3) is 0 Å². The van der Waals surface area contributed by atoms with Gasteiger partial charge in [-0.25, -0.2) is 0 Å². The smallest absolute Gasteiger partial charge is 0.227 e. The zero-order chi connectivity index (χ0) is 19.7. The van der Waals surface area contributed by atoms with Crippen LogP contribution >= 0.6 is 11.6 Å². The molecule has 0 saturated heterocycles. The highest BCUT2D eigenvalue weighted by molar-refractivity contribution is 6.31. The average molecular weight is 393 g/mol. The highest BCUT2D eigenvalue weighted by Crippen LogP contribution is 2.30. The van der Waals surface area contributed by atoms with Crippen LogP contribution in [0.25, 0.3) is 21.8 Å². The summed E-state index contributed by atoms with van der Waals surface area (Å²) in [4.78, 5) is 16.0. The molecule has 3 aromatic carbocycles. The molecule has 1 amide bonds. The summed E-state index contributed by atoms with van der Waals surface area (Å²) in [6.45, 7) is 2.05. The van der Waals surface area contributed by atoms with Crippen LogP contribution in [0.1, 0.15) is 30.1 Å². The first kappa shape index (κ1) is 18.5. The molecule has 0 fully saturated rings. The highest BCUT2D eigenvalue weighted by Gasteiger charge is 2.18. The van der Waals surface area contributed by atoms with Crippen LogP contribution in [0, 0.1) is 0 Å². The summed E-state index contributed by atoms with van der Waals surface area (Å²) in [5.74, 6) is -0.448. The predicted molar refractivity (Wildman–Crippen MR) is 114 cm³/mol. The lowest BCUT2D eigenvalue weighted by Gasteiger charge is -2.16. The number of H-pyrrole nitrogens is 1. The fourth-order valence-electron chi connectivity index (χ4n) is 3.46. The first-order chi connectivity index (χ1) is 13.5. The first-order valence-corrected chi connectivity index (χ1v) is 9.62. The van der Waals surface area contributed by atoms with E-state index in [0.717, 1.165) is 32.9 Å². The minimum Gasteiger partial charge on any atom is -0.387 e. The van der Waals surface area contributed by atoms with Crippen LogP contribution in [0.5, 0.6) is 0 Å². The Bertz CT molecular complexity index is 1140. The SMILES string of the molecule is CC(C(=O)NCC(O)c1ccccc1)c1ccc2c(c1)[nH]c1ccc(Cl)cc12. The molecule has 1 aromatic heterocycles. The van der Waals surface area contributed by atoms with Gasteiger partial charge in [-0.2, -0.15) is 0 Å². The first-order valence-electron chi connectivity index (χ1n) is 9.24. The van der Waals surface area contributed by atoms with Crippen LogP contribution < -0.4 is 5.32 Å². The maximum absolute atomic E-state index is 12.6. The van der Waals surface area contributed by atoms with Gasteiger partial charge in [0, 0.05) is 33.4 Å². The number of hydrogen-bond acceptors (Lipinski definition) is 2. The molecule has 4 aromatic rings. The number of rotatable bonds is 5. The number of aliphatic hydroxyl groups is 1. The van der Waals surface area contributed by atoms with Gasteiger partial charge in [0.05, 0.1) is 12.0 Å². The number of benzene rings is 3. The van der Waals surface area contributed by atoms with Gasteiger partial charge in [-0.1, -0.05) is 54.1 Å². The fraction of sp³-hybridized carbons (Fsp3) is 0.174. The zero-order valence-electron chi connectivity index (χ0n) is 15.4. The van der Waals surface area contributed by atoms with Crippen LogP contribution in [0.4, 0.5) is 0 Å². The molecule has 2 atom stereocenters. The van der Waals surface area contributed by atoms with Crippen molar-refractivity contribution in [3.8, 4) is 0 Å². The van der Waals surface area contributed by atoms with Gasteiger partial charge >= 0.3 is 0 Å². The Morgan fingerprint density at radius 3 is 2.57 bits per heavy atom. The van der Waals surface area contributed by atoms with Crippen molar-refractivity contribution in [1.82, 2.24) is 10.3 Å². The van der Waals surface area contributed by atoms with Crippen LogP contribution in [0.15, 0.2) is 66.7 Å². The lowest BCUT2D eigenvalue weighted by molar-refractivity contribution is -0.122. The summed E-state index contributed by atoms with van der Waals surface area (Å²) in [5, 5.41) is 15.9. The number of aromatic amines is 1. The average Bonchev–Trinajstić information content (AvgIpc) is 3.08. The number of nitrogens with one attached hydrogen (secondary N) is 2. The Hall–Kier alpha value is -2.82. The van der Waals surface area contributed by atoms with E-state index < -0.39 is 6.10 Å².